The lowest BCUT2D eigenvalue weighted by Crippen LogP contribution is -2.40. The van der Waals surface area contributed by atoms with Gasteiger partial charge in [0, 0.05) is 28.0 Å². The molecule has 0 aliphatic heterocycles. The van der Waals surface area contributed by atoms with E-state index in [0.29, 0.717) is 6.04 Å². The van der Waals surface area contributed by atoms with E-state index in [9.17, 15) is 0 Å². The molecule has 1 aliphatic carbocycles. The van der Waals surface area contributed by atoms with Gasteiger partial charge in [0.2, 0.25) is 0 Å². The van der Waals surface area contributed by atoms with Gasteiger partial charge in [0.05, 0.1) is 0 Å². The van der Waals surface area contributed by atoms with E-state index in [-0.39, 0.29) is 0 Å². The fourth-order valence-corrected chi connectivity index (χ4v) is 6.07. The van der Waals surface area contributed by atoms with Gasteiger partial charge < -0.3 is 9.47 Å². The predicted molar refractivity (Wildman–Crippen MR) is 143 cm³/mol. The third kappa shape index (κ3) is 5.75. The molecular weight excluding hydrogens is 527 g/mol. The predicted octanol–water partition coefficient (Wildman–Crippen LogP) is 6.15. The van der Waals surface area contributed by atoms with Gasteiger partial charge in [-0.3, -0.25) is 0 Å². The van der Waals surface area contributed by atoms with Crippen molar-refractivity contribution in [3.05, 3.63) is 62.7 Å². The standard InChI is InChI=1S/C26H33IN4S/c1-4-13-31(24-12-11-20-16-19(2)9-10-21(20)18-24)14-6-15-32-26-29-28-25(30(26)3)22-7-5-8-23(27)17-22/h5,7-10,16-17,24H,4,6,11-15,18H2,1-3H3. The van der Waals surface area contributed by atoms with Crippen LogP contribution in [-0.4, -0.2) is 44.5 Å². The van der Waals surface area contributed by atoms with Crippen LogP contribution in [0.3, 0.4) is 0 Å². The second-order valence-electron chi connectivity index (χ2n) is 8.78. The highest BCUT2D eigenvalue weighted by Crippen LogP contribution is 2.27. The summed E-state index contributed by atoms with van der Waals surface area (Å²) in [4.78, 5) is 2.73. The zero-order chi connectivity index (χ0) is 22.5. The molecule has 0 saturated heterocycles. The number of fused-ring (bicyclic) bond motifs is 1. The third-order valence-electron chi connectivity index (χ3n) is 6.33. The van der Waals surface area contributed by atoms with Crippen LogP contribution in [-0.2, 0) is 19.9 Å². The number of hydrogen-bond donors (Lipinski definition) is 0. The van der Waals surface area contributed by atoms with Crippen molar-refractivity contribution in [3.63, 3.8) is 0 Å². The molecule has 0 saturated carbocycles. The van der Waals surface area contributed by atoms with E-state index in [1.54, 1.807) is 11.1 Å². The summed E-state index contributed by atoms with van der Waals surface area (Å²) in [5.74, 6) is 2.01. The number of rotatable bonds is 9. The maximum Gasteiger partial charge on any atom is 0.191 e. The van der Waals surface area contributed by atoms with Crippen molar-refractivity contribution < 1.29 is 0 Å². The molecule has 6 heteroatoms. The van der Waals surface area contributed by atoms with E-state index in [0.717, 1.165) is 28.8 Å². The van der Waals surface area contributed by atoms with Gasteiger partial charge >= 0.3 is 0 Å². The number of hydrogen-bond acceptors (Lipinski definition) is 4. The van der Waals surface area contributed by atoms with Gasteiger partial charge in [0.1, 0.15) is 0 Å². The van der Waals surface area contributed by atoms with Crippen LogP contribution in [0.15, 0.2) is 47.6 Å². The second-order valence-corrected chi connectivity index (χ2v) is 11.1. The highest BCUT2D eigenvalue weighted by atomic mass is 127. The van der Waals surface area contributed by atoms with Crippen molar-refractivity contribution in [1.29, 1.82) is 0 Å². The van der Waals surface area contributed by atoms with Gasteiger partial charge in [-0.25, -0.2) is 0 Å². The summed E-state index contributed by atoms with van der Waals surface area (Å²) in [7, 11) is 2.07. The average Bonchev–Trinajstić information content (AvgIpc) is 3.16. The van der Waals surface area contributed by atoms with Gasteiger partial charge in [-0.15, -0.1) is 10.2 Å². The van der Waals surface area contributed by atoms with Crippen LogP contribution in [0, 0.1) is 10.5 Å². The van der Waals surface area contributed by atoms with Crippen molar-refractivity contribution in [2.45, 2.75) is 57.1 Å². The van der Waals surface area contributed by atoms with Gasteiger partial charge in [-0.2, -0.15) is 0 Å². The zero-order valence-corrected chi connectivity index (χ0v) is 22.3. The van der Waals surface area contributed by atoms with Crippen LogP contribution in [0.1, 0.15) is 42.9 Å². The molecule has 0 fully saturated rings. The normalized spacial score (nSPS) is 15.8. The molecule has 0 radical (unpaired) electrons. The number of benzene rings is 2. The minimum absolute atomic E-state index is 0.678. The third-order valence-corrected chi connectivity index (χ3v) is 8.11. The Morgan fingerprint density at radius 3 is 2.81 bits per heavy atom. The lowest BCUT2D eigenvalue weighted by Gasteiger charge is -2.35. The van der Waals surface area contributed by atoms with Gasteiger partial charge in [0.25, 0.3) is 0 Å². The lowest BCUT2D eigenvalue weighted by atomic mass is 9.86. The SMILES string of the molecule is CCCN(CCCSc1nnc(-c2cccc(I)c2)n1C)C1CCc2cc(C)ccc2C1. The minimum atomic E-state index is 0.678. The van der Waals surface area contributed by atoms with E-state index >= 15 is 0 Å². The Kier molecular flexibility index (Phi) is 8.29. The smallest absolute Gasteiger partial charge is 0.191 e. The topological polar surface area (TPSA) is 34.0 Å². The summed E-state index contributed by atoms with van der Waals surface area (Å²) >= 11 is 4.17. The van der Waals surface area contributed by atoms with E-state index in [1.165, 1.54) is 47.8 Å². The van der Waals surface area contributed by atoms with Gasteiger partial charge in [-0.1, -0.05) is 54.6 Å². The van der Waals surface area contributed by atoms with Crippen molar-refractivity contribution in [3.8, 4) is 11.4 Å². The molecule has 1 unspecified atom stereocenters. The van der Waals surface area contributed by atoms with Gasteiger partial charge in [-0.05, 0) is 98.0 Å². The van der Waals surface area contributed by atoms with E-state index < -0.39 is 0 Å². The number of nitrogens with zero attached hydrogens (tertiary/aromatic N) is 4. The molecule has 1 aliphatic rings. The summed E-state index contributed by atoms with van der Waals surface area (Å²) in [6.45, 7) is 6.85. The van der Waals surface area contributed by atoms with Crippen LogP contribution in [0.4, 0.5) is 0 Å². The molecule has 0 spiro atoms. The first kappa shape index (κ1) is 23.8. The van der Waals surface area contributed by atoms with Crippen molar-refractivity contribution in [1.82, 2.24) is 19.7 Å². The summed E-state index contributed by atoms with van der Waals surface area (Å²) in [6.07, 6.45) is 6.09. The van der Waals surface area contributed by atoms with Crippen LogP contribution in [0.2, 0.25) is 0 Å². The first-order valence-corrected chi connectivity index (χ1v) is 13.7. The van der Waals surface area contributed by atoms with Crippen molar-refractivity contribution >= 4 is 34.4 Å². The molecule has 1 heterocycles. The second kappa shape index (κ2) is 11.2. The monoisotopic (exact) mass is 560 g/mol. The number of aromatic nitrogens is 3. The van der Waals surface area contributed by atoms with Crippen LogP contribution < -0.4 is 0 Å². The molecule has 1 atom stereocenters. The molecule has 0 N–H and O–H groups in total. The fraction of sp³-hybridized carbons (Fsp3) is 0.462. The van der Waals surface area contributed by atoms with E-state index in [1.807, 2.05) is 11.8 Å². The Hall–Kier alpha value is -1.38. The van der Waals surface area contributed by atoms with E-state index in [4.69, 9.17) is 0 Å². The molecule has 0 bridgehead atoms. The summed E-state index contributed by atoms with van der Waals surface area (Å²) in [6, 6.07) is 16.1. The zero-order valence-electron chi connectivity index (χ0n) is 19.4. The molecule has 4 rings (SSSR count). The molecule has 4 nitrogen and oxygen atoms in total. The highest BCUT2D eigenvalue weighted by molar-refractivity contribution is 14.1. The van der Waals surface area contributed by atoms with Crippen LogP contribution >= 0.6 is 34.4 Å². The fourth-order valence-electron chi connectivity index (χ4n) is 4.69. The molecule has 2 aromatic carbocycles. The van der Waals surface area contributed by atoms with Crippen molar-refractivity contribution in [2.24, 2.45) is 7.05 Å². The lowest BCUT2D eigenvalue weighted by molar-refractivity contribution is 0.180. The summed E-state index contributed by atoms with van der Waals surface area (Å²) < 4.78 is 3.34. The molecule has 1 aromatic heterocycles. The first-order chi connectivity index (χ1) is 15.5. The number of aryl methyl sites for hydroxylation is 2. The number of thioether (sulfide) groups is 1. The Morgan fingerprint density at radius 2 is 2.00 bits per heavy atom. The average molecular weight is 561 g/mol. The van der Waals surface area contributed by atoms with Crippen molar-refractivity contribution in [2.75, 3.05) is 18.8 Å². The summed E-state index contributed by atoms with van der Waals surface area (Å²) in [5.41, 5.74) is 5.64. The quantitative estimate of drug-likeness (QED) is 0.179. The van der Waals surface area contributed by atoms with Crippen LogP contribution in [0.25, 0.3) is 11.4 Å². The van der Waals surface area contributed by atoms with E-state index in [2.05, 4.69) is 106 Å². The van der Waals surface area contributed by atoms with Gasteiger partial charge in [0.15, 0.2) is 11.0 Å². The largest absolute Gasteiger partial charge is 0.305 e. The molecule has 3 aromatic rings. The Bertz CT molecular complexity index is 1050. The Morgan fingerprint density at radius 1 is 1.12 bits per heavy atom. The molecule has 0 amide bonds. The number of halogens is 1. The molecule has 32 heavy (non-hydrogen) atoms. The summed E-state index contributed by atoms with van der Waals surface area (Å²) in [5, 5.41) is 9.91. The Balaban J connectivity index is 1.31. The molecular formula is C26H33IN4S. The maximum absolute atomic E-state index is 4.46. The Labute approximate surface area is 210 Å². The minimum Gasteiger partial charge on any atom is -0.305 e. The van der Waals surface area contributed by atoms with Crippen LogP contribution in [0.5, 0.6) is 0 Å². The first-order valence-electron chi connectivity index (χ1n) is 11.7. The highest BCUT2D eigenvalue weighted by Gasteiger charge is 2.23. The maximum atomic E-state index is 4.46. The molecule has 170 valence electrons.